The predicted molar refractivity (Wildman–Crippen MR) is 146 cm³/mol. The van der Waals surface area contributed by atoms with Crippen LogP contribution in [0.15, 0.2) is 61.1 Å². The van der Waals surface area contributed by atoms with Gasteiger partial charge >= 0.3 is 6.18 Å². The molecule has 208 valence electrons. The van der Waals surface area contributed by atoms with Gasteiger partial charge in [0.25, 0.3) is 5.91 Å². The molecule has 1 saturated heterocycles. The zero-order valence-electron chi connectivity index (χ0n) is 22.2. The van der Waals surface area contributed by atoms with E-state index < -0.39 is 17.6 Å². The molecule has 40 heavy (non-hydrogen) atoms. The topological polar surface area (TPSA) is 69.0 Å². The van der Waals surface area contributed by atoms with Gasteiger partial charge in [0.05, 0.1) is 11.8 Å². The standard InChI is InChI=1S/C29H30F3N7O/c1-36-10-12-37(13-11-36)19-23-4-5-24(15-25(23)29(30,31)32)35-28(40)22-3-2-21-7-9-38(26(21)14-22)17-20-16-33-27-6-8-34-39(27)18-20/h2-6,8,14-16,18H,7,9-13,17,19H2,1H3,(H,35,40). The molecule has 1 fully saturated rings. The second-order valence-electron chi connectivity index (χ2n) is 10.5. The number of anilines is 2. The molecule has 2 aromatic heterocycles. The smallest absolute Gasteiger partial charge is 0.367 e. The zero-order chi connectivity index (χ0) is 27.9. The van der Waals surface area contributed by atoms with E-state index in [4.69, 9.17) is 0 Å². The fourth-order valence-electron chi connectivity index (χ4n) is 5.41. The highest BCUT2D eigenvalue weighted by Crippen LogP contribution is 2.35. The van der Waals surface area contributed by atoms with Crippen molar-refractivity contribution in [2.75, 3.05) is 50.0 Å². The average molecular weight is 550 g/mol. The molecule has 0 radical (unpaired) electrons. The number of carbonyl (C=O) groups excluding carboxylic acids is 1. The first-order valence-corrected chi connectivity index (χ1v) is 13.3. The molecule has 4 heterocycles. The van der Waals surface area contributed by atoms with Crippen LogP contribution in [0.2, 0.25) is 0 Å². The van der Waals surface area contributed by atoms with Crippen LogP contribution < -0.4 is 10.2 Å². The molecule has 2 aliphatic heterocycles. The van der Waals surface area contributed by atoms with Crippen LogP contribution in [0.25, 0.3) is 5.65 Å². The van der Waals surface area contributed by atoms with Crippen molar-refractivity contribution in [2.24, 2.45) is 0 Å². The van der Waals surface area contributed by atoms with Gasteiger partial charge < -0.3 is 15.1 Å². The van der Waals surface area contributed by atoms with Crippen LogP contribution in [0, 0.1) is 0 Å². The number of benzene rings is 2. The average Bonchev–Trinajstić information content (AvgIpc) is 3.56. The maximum Gasteiger partial charge on any atom is 0.416 e. The van der Waals surface area contributed by atoms with E-state index in [2.05, 4.69) is 25.2 Å². The molecular formula is C29H30F3N7O. The number of likely N-dealkylation sites (N-methyl/N-ethyl adjacent to an activating group) is 1. The van der Waals surface area contributed by atoms with Crippen molar-refractivity contribution in [3.05, 3.63) is 88.9 Å². The number of hydrogen-bond donors (Lipinski definition) is 1. The van der Waals surface area contributed by atoms with Crippen molar-refractivity contribution < 1.29 is 18.0 Å². The number of nitrogens with one attached hydrogen (secondary N) is 1. The Morgan fingerprint density at radius 2 is 1.82 bits per heavy atom. The summed E-state index contributed by atoms with van der Waals surface area (Å²) in [5, 5.41) is 6.92. The summed E-state index contributed by atoms with van der Waals surface area (Å²) >= 11 is 0. The number of carbonyl (C=O) groups is 1. The quantitative estimate of drug-likeness (QED) is 0.387. The summed E-state index contributed by atoms with van der Waals surface area (Å²) in [5.74, 6) is -0.450. The van der Waals surface area contributed by atoms with Gasteiger partial charge in [-0.15, -0.1) is 0 Å². The van der Waals surface area contributed by atoms with E-state index in [1.54, 1.807) is 22.8 Å². The minimum Gasteiger partial charge on any atom is -0.367 e. The Balaban J connectivity index is 1.18. The van der Waals surface area contributed by atoms with E-state index in [1.807, 2.05) is 42.5 Å². The number of hydrogen-bond acceptors (Lipinski definition) is 6. The number of rotatable bonds is 6. The van der Waals surface area contributed by atoms with Gasteiger partial charge in [0.1, 0.15) is 0 Å². The second-order valence-corrected chi connectivity index (χ2v) is 10.5. The minimum atomic E-state index is -4.52. The molecule has 2 aliphatic rings. The Morgan fingerprint density at radius 3 is 2.62 bits per heavy atom. The van der Waals surface area contributed by atoms with Gasteiger partial charge in [-0.1, -0.05) is 12.1 Å². The highest BCUT2D eigenvalue weighted by Gasteiger charge is 2.34. The first-order chi connectivity index (χ1) is 19.2. The monoisotopic (exact) mass is 549 g/mol. The summed E-state index contributed by atoms with van der Waals surface area (Å²) in [7, 11) is 2.01. The number of aromatic nitrogens is 3. The second kappa shape index (κ2) is 10.5. The summed E-state index contributed by atoms with van der Waals surface area (Å²) in [6, 6.07) is 11.4. The van der Waals surface area contributed by atoms with Crippen molar-refractivity contribution in [2.45, 2.75) is 25.7 Å². The molecule has 1 amide bonds. The minimum absolute atomic E-state index is 0.121. The Bertz CT molecular complexity index is 1540. The number of nitrogens with zero attached hydrogens (tertiary/aromatic N) is 6. The van der Waals surface area contributed by atoms with Gasteiger partial charge in [-0.3, -0.25) is 9.69 Å². The highest BCUT2D eigenvalue weighted by molar-refractivity contribution is 6.05. The Morgan fingerprint density at radius 1 is 1.00 bits per heavy atom. The number of amides is 1. The Hall–Kier alpha value is -3.96. The van der Waals surface area contributed by atoms with Gasteiger partial charge in [-0.2, -0.15) is 18.3 Å². The first-order valence-electron chi connectivity index (χ1n) is 13.3. The van der Waals surface area contributed by atoms with Crippen LogP contribution >= 0.6 is 0 Å². The Labute approximate surface area is 230 Å². The van der Waals surface area contributed by atoms with E-state index in [9.17, 15) is 18.0 Å². The molecule has 0 saturated carbocycles. The molecule has 0 spiro atoms. The van der Waals surface area contributed by atoms with E-state index >= 15 is 0 Å². The first kappa shape index (κ1) is 26.3. The lowest BCUT2D eigenvalue weighted by Crippen LogP contribution is -2.44. The van der Waals surface area contributed by atoms with Crippen LogP contribution in [0.4, 0.5) is 24.5 Å². The lowest BCUT2D eigenvalue weighted by Gasteiger charge is -2.33. The number of fused-ring (bicyclic) bond motifs is 2. The fourth-order valence-corrected chi connectivity index (χ4v) is 5.41. The molecule has 0 aliphatic carbocycles. The lowest BCUT2D eigenvalue weighted by molar-refractivity contribution is -0.138. The van der Waals surface area contributed by atoms with Crippen LogP contribution in [0.5, 0.6) is 0 Å². The van der Waals surface area contributed by atoms with Gasteiger partial charge in [0, 0.05) is 86.8 Å². The molecule has 0 bridgehead atoms. The van der Waals surface area contributed by atoms with Crippen LogP contribution in [-0.2, 0) is 25.7 Å². The third-order valence-electron chi connectivity index (χ3n) is 7.68. The van der Waals surface area contributed by atoms with Crippen molar-refractivity contribution in [3.63, 3.8) is 0 Å². The molecule has 4 aromatic rings. The Kier molecular flexibility index (Phi) is 6.93. The normalized spacial score (nSPS) is 16.4. The van der Waals surface area contributed by atoms with Crippen molar-refractivity contribution in [1.82, 2.24) is 24.4 Å². The summed E-state index contributed by atoms with van der Waals surface area (Å²) in [5.41, 5.74) is 3.82. The fraction of sp³-hybridized carbons (Fsp3) is 0.345. The van der Waals surface area contributed by atoms with Crippen LogP contribution in [0.3, 0.4) is 0 Å². The summed E-state index contributed by atoms with van der Waals surface area (Å²) in [6.07, 6.45) is 1.77. The molecule has 11 heteroatoms. The third kappa shape index (κ3) is 5.52. The summed E-state index contributed by atoms with van der Waals surface area (Å²) in [4.78, 5) is 23.9. The lowest BCUT2D eigenvalue weighted by atomic mass is 10.0. The molecular weight excluding hydrogens is 519 g/mol. The molecule has 6 rings (SSSR count). The SMILES string of the molecule is CN1CCN(Cc2ccc(NC(=O)c3ccc4c(c3)N(Cc3cnc5ccnn5c3)CC4)cc2C(F)(F)F)CC1. The predicted octanol–water partition coefficient (Wildman–Crippen LogP) is 4.31. The van der Waals surface area contributed by atoms with Gasteiger partial charge in [-0.05, 0) is 48.9 Å². The molecule has 0 unspecified atom stereocenters. The van der Waals surface area contributed by atoms with E-state index in [1.165, 1.54) is 6.07 Å². The molecule has 2 aromatic carbocycles. The van der Waals surface area contributed by atoms with E-state index in [0.29, 0.717) is 12.1 Å². The summed E-state index contributed by atoms with van der Waals surface area (Å²) < 4.78 is 43.7. The number of piperazine rings is 1. The van der Waals surface area contributed by atoms with Gasteiger partial charge in [0.15, 0.2) is 5.65 Å². The summed E-state index contributed by atoms with van der Waals surface area (Å²) in [6.45, 7) is 4.70. The molecule has 1 N–H and O–H groups in total. The van der Waals surface area contributed by atoms with Crippen molar-refractivity contribution in [3.8, 4) is 0 Å². The molecule has 8 nitrogen and oxygen atoms in total. The van der Waals surface area contributed by atoms with Gasteiger partial charge in [0.2, 0.25) is 0 Å². The number of halogens is 3. The largest absolute Gasteiger partial charge is 0.416 e. The maximum atomic E-state index is 14.0. The van der Waals surface area contributed by atoms with E-state index in [-0.39, 0.29) is 17.8 Å². The van der Waals surface area contributed by atoms with Crippen LogP contribution in [0.1, 0.15) is 32.6 Å². The zero-order valence-corrected chi connectivity index (χ0v) is 22.2. The number of alkyl halides is 3. The van der Waals surface area contributed by atoms with Crippen molar-refractivity contribution >= 4 is 22.9 Å². The molecule has 0 atom stereocenters. The van der Waals surface area contributed by atoms with Crippen LogP contribution in [-0.4, -0.2) is 70.1 Å². The maximum absolute atomic E-state index is 14.0. The van der Waals surface area contributed by atoms with Crippen molar-refractivity contribution in [1.29, 1.82) is 0 Å². The van der Waals surface area contributed by atoms with Gasteiger partial charge in [-0.25, -0.2) is 9.50 Å². The third-order valence-corrected chi connectivity index (χ3v) is 7.68. The van der Waals surface area contributed by atoms with E-state index in [0.717, 1.165) is 67.7 Å². The highest BCUT2D eigenvalue weighted by atomic mass is 19.4.